The SMILES string of the molecule is CCOc1ccccc1C1CNc2ncc(-c3ccc(F)nc3)cc21. The average Bonchev–Trinajstić information content (AvgIpc) is 3.06. The van der Waals surface area contributed by atoms with Gasteiger partial charge in [0.15, 0.2) is 0 Å². The summed E-state index contributed by atoms with van der Waals surface area (Å²) in [5, 5.41) is 3.36. The molecule has 1 aromatic carbocycles. The number of anilines is 1. The number of fused-ring (bicyclic) bond motifs is 1. The minimum atomic E-state index is -0.483. The lowest BCUT2D eigenvalue weighted by Crippen LogP contribution is -2.06. The molecular weight excluding hydrogens is 317 g/mol. The molecular formula is C20H18FN3O. The van der Waals surface area contributed by atoms with Gasteiger partial charge in [0.1, 0.15) is 11.6 Å². The van der Waals surface area contributed by atoms with Crippen molar-refractivity contribution in [2.45, 2.75) is 12.8 Å². The summed E-state index contributed by atoms with van der Waals surface area (Å²) in [5.41, 5.74) is 4.04. The number of para-hydroxylation sites is 1. The van der Waals surface area contributed by atoms with Crippen LogP contribution in [-0.4, -0.2) is 23.1 Å². The Kier molecular flexibility index (Phi) is 4.06. The zero-order valence-corrected chi connectivity index (χ0v) is 13.9. The number of aromatic nitrogens is 2. The van der Waals surface area contributed by atoms with E-state index in [0.29, 0.717) is 6.61 Å². The van der Waals surface area contributed by atoms with Gasteiger partial charge in [-0.05, 0) is 31.2 Å². The fourth-order valence-corrected chi connectivity index (χ4v) is 3.24. The molecule has 126 valence electrons. The van der Waals surface area contributed by atoms with Gasteiger partial charge in [-0.2, -0.15) is 4.39 Å². The van der Waals surface area contributed by atoms with E-state index in [1.807, 2.05) is 25.1 Å². The van der Waals surface area contributed by atoms with Gasteiger partial charge in [0, 0.05) is 47.1 Å². The molecule has 1 N–H and O–H groups in total. The predicted molar refractivity (Wildman–Crippen MR) is 95.4 cm³/mol. The molecule has 0 saturated heterocycles. The second-order valence-electron chi connectivity index (χ2n) is 5.94. The normalized spacial score (nSPS) is 15.5. The third-order valence-corrected chi connectivity index (χ3v) is 4.42. The van der Waals surface area contributed by atoms with Gasteiger partial charge in [0.25, 0.3) is 0 Å². The fourth-order valence-electron chi connectivity index (χ4n) is 3.24. The molecule has 0 spiro atoms. The van der Waals surface area contributed by atoms with E-state index in [0.717, 1.165) is 40.4 Å². The van der Waals surface area contributed by atoms with Crippen LogP contribution in [0, 0.1) is 5.95 Å². The number of ether oxygens (including phenoxy) is 1. The van der Waals surface area contributed by atoms with Crippen LogP contribution < -0.4 is 10.1 Å². The van der Waals surface area contributed by atoms with Crippen molar-refractivity contribution in [1.29, 1.82) is 0 Å². The van der Waals surface area contributed by atoms with Crippen LogP contribution in [0.25, 0.3) is 11.1 Å². The summed E-state index contributed by atoms with van der Waals surface area (Å²) in [5.74, 6) is 1.47. The standard InChI is InChI=1S/C20H18FN3O/c1-2-25-18-6-4-3-5-15(18)17-12-24-20-16(17)9-14(11-23-20)13-7-8-19(21)22-10-13/h3-11,17H,2,12H2,1H3,(H,23,24). The van der Waals surface area contributed by atoms with Gasteiger partial charge in [-0.15, -0.1) is 0 Å². The molecule has 4 rings (SSSR count). The van der Waals surface area contributed by atoms with Gasteiger partial charge in [0.2, 0.25) is 5.95 Å². The molecule has 2 aromatic heterocycles. The Hall–Kier alpha value is -2.95. The van der Waals surface area contributed by atoms with Crippen LogP contribution in [0.2, 0.25) is 0 Å². The molecule has 1 unspecified atom stereocenters. The number of rotatable bonds is 4. The van der Waals surface area contributed by atoms with Crippen molar-refractivity contribution in [3.8, 4) is 16.9 Å². The first kappa shape index (κ1) is 15.6. The average molecular weight is 335 g/mol. The molecule has 0 saturated carbocycles. The molecule has 0 aliphatic carbocycles. The maximum absolute atomic E-state index is 13.1. The number of pyridine rings is 2. The van der Waals surface area contributed by atoms with Gasteiger partial charge in [-0.25, -0.2) is 9.97 Å². The van der Waals surface area contributed by atoms with Crippen LogP contribution in [-0.2, 0) is 0 Å². The first-order chi connectivity index (χ1) is 12.3. The van der Waals surface area contributed by atoms with Gasteiger partial charge in [-0.3, -0.25) is 0 Å². The number of nitrogens with zero attached hydrogens (tertiary/aromatic N) is 2. The smallest absolute Gasteiger partial charge is 0.212 e. The summed E-state index contributed by atoms with van der Waals surface area (Å²) in [7, 11) is 0. The first-order valence-electron chi connectivity index (χ1n) is 8.33. The molecule has 3 heterocycles. The van der Waals surface area contributed by atoms with Crippen molar-refractivity contribution in [2.24, 2.45) is 0 Å². The van der Waals surface area contributed by atoms with Gasteiger partial charge in [0.05, 0.1) is 6.61 Å². The van der Waals surface area contributed by atoms with E-state index in [4.69, 9.17) is 4.74 Å². The summed E-state index contributed by atoms with van der Waals surface area (Å²) in [6.45, 7) is 3.39. The Bertz CT molecular complexity index is 896. The van der Waals surface area contributed by atoms with Crippen LogP contribution in [0.15, 0.2) is 54.9 Å². The summed E-state index contributed by atoms with van der Waals surface area (Å²) in [4.78, 5) is 8.27. The van der Waals surface area contributed by atoms with Crippen molar-refractivity contribution in [2.75, 3.05) is 18.5 Å². The van der Waals surface area contributed by atoms with Crippen molar-refractivity contribution in [3.63, 3.8) is 0 Å². The summed E-state index contributed by atoms with van der Waals surface area (Å²) in [6.07, 6.45) is 3.32. The second kappa shape index (κ2) is 6.51. The van der Waals surface area contributed by atoms with E-state index < -0.39 is 5.95 Å². The minimum Gasteiger partial charge on any atom is -0.494 e. The molecule has 1 aliphatic heterocycles. The third kappa shape index (κ3) is 2.93. The van der Waals surface area contributed by atoms with Gasteiger partial charge >= 0.3 is 0 Å². The maximum Gasteiger partial charge on any atom is 0.212 e. The predicted octanol–water partition coefficient (Wildman–Crippen LogP) is 4.24. The maximum atomic E-state index is 13.1. The van der Waals surface area contributed by atoms with E-state index in [1.54, 1.807) is 12.3 Å². The molecule has 4 nitrogen and oxygen atoms in total. The van der Waals surface area contributed by atoms with Crippen molar-refractivity contribution in [1.82, 2.24) is 9.97 Å². The highest BCUT2D eigenvalue weighted by molar-refractivity contribution is 5.68. The molecule has 0 bridgehead atoms. The van der Waals surface area contributed by atoms with Crippen molar-refractivity contribution < 1.29 is 9.13 Å². The van der Waals surface area contributed by atoms with Crippen LogP contribution in [0.5, 0.6) is 5.75 Å². The number of hydrogen-bond acceptors (Lipinski definition) is 4. The fraction of sp³-hybridized carbons (Fsp3) is 0.200. The summed E-state index contributed by atoms with van der Waals surface area (Å²) < 4.78 is 18.9. The van der Waals surface area contributed by atoms with Gasteiger partial charge < -0.3 is 10.1 Å². The van der Waals surface area contributed by atoms with Crippen molar-refractivity contribution in [3.05, 3.63) is 71.9 Å². The van der Waals surface area contributed by atoms with Crippen molar-refractivity contribution >= 4 is 5.82 Å². The molecule has 5 heteroatoms. The van der Waals surface area contributed by atoms with E-state index in [9.17, 15) is 4.39 Å². The largest absolute Gasteiger partial charge is 0.494 e. The zero-order valence-electron chi connectivity index (χ0n) is 13.9. The second-order valence-corrected chi connectivity index (χ2v) is 5.94. The van der Waals surface area contributed by atoms with E-state index in [1.165, 1.54) is 12.3 Å². The molecule has 3 aromatic rings. The minimum absolute atomic E-state index is 0.165. The lowest BCUT2D eigenvalue weighted by molar-refractivity contribution is 0.335. The Morgan fingerprint density at radius 2 is 1.92 bits per heavy atom. The number of nitrogens with one attached hydrogen (secondary N) is 1. The van der Waals surface area contributed by atoms with Gasteiger partial charge in [-0.1, -0.05) is 18.2 Å². The van der Waals surface area contributed by atoms with Crippen LogP contribution in [0.4, 0.5) is 10.2 Å². The van der Waals surface area contributed by atoms with E-state index >= 15 is 0 Å². The first-order valence-corrected chi connectivity index (χ1v) is 8.33. The zero-order chi connectivity index (χ0) is 17.2. The van der Waals surface area contributed by atoms with Crippen LogP contribution >= 0.6 is 0 Å². The number of hydrogen-bond donors (Lipinski definition) is 1. The molecule has 0 amide bonds. The lowest BCUT2D eigenvalue weighted by atomic mass is 9.92. The third-order valence-electron chi connectivity index (χ3n) is 4.42. The molecule has 0 fully saturated rings. The molecule has 25 heavy (non-hydrogen) atoms. The Morgan fingerprint density at radius 1 is 1.08 bits per heavy atom. The molecule has 0 radical (unpaired) electrons. The molecule has 1 atom stereocenters. The number of halogens is 1. The highest BCUT2D eigenvalue weighted by Gasteiger charge is 2.27. The Balaban J connectivity index is 1.75. The topological polar surface area (TPSA) is 47.0 Å². The lowest BCUT2D eigenvalue weighted by Gasteiger charge is -2.16. The Morgan fingerprint density at radius 3 is 2.72 bits per heavy atom. The quantitative estimate of drug-likeness (QED) is 0.725. The highest BCUT2D eigenvalue weighted by Crippen LogP contribution is 2.40. The highest BCUT2D eigenvalue weighted by atomic mass is 19.1. The molecule has 1 aliphatic rings. The monoisotopic (exact) mass is 335 g/mol. The van der Waals surface area contributed by atoms with Crippen LogP contribution in [0.3, 0.4) is 0 Å². The summed E-state index contributed by atoms with van der Waals surface area (Å²) in [6, 6.07) is 13.3. The van der Waals surface area contributed by atoms with E-state index in [2.05, 4.69) is 27.4 Å². The number of benzene rings is 1. The van der Waals surface area contributed by atoms with E-state index in [-0.39, 0.29) is 5.92 Å². The van der Waals surface area contributed by atoms with Crippen LogP contribution in [0.1, 0.15) is 24.0 Å². The Labute approximate surface area is 145 Å². The summed E-state index contributed by atoms with van der Waals surface area (Å²) >= 11 is 0.